The molecular weight excluding hydrogens is 513 g/mol. The van der Waals surface area contributed by atoms with Crippen molar-refractivity contribution in [1.29, 1.82) is 0 Å². The third-order valence-electron chi connectivity index (χ3n) is 4.73. The average Bonchev–Trinajstić information content (AvgIpc) is 2.80. The van der Waals surface area contributed by atoms with Crippen LogP contribution in [0.25, 0.3) is 10.8 Å². The molecule has 0 aromatic heterocycles. The minimum Gasteiger partial charge on any atom is -0.422 e. The number of halogens is 3. The van der Waals surface area contributed by atoms with Crippen molar-refractivity contribution in [3.05, 3.63) is 105 Å². The molecule has 0 fully saturated rings. The summed E-state index contributed by atoms with van der Waals surface area (Å²) in [5, 5.41) is 10.5. The molecule has 0 amide bonds. The van der Waals surface area contributed by atoms with Crippen molar-refractivity contribution >= 4 is 80.8 Å². The standard InChI is InChI=1S/C25H16Cl3N3O2S/c26-16-5-3-6-18(12-16)30-25(34)31-29-14-21-19-7-2-1-4-15(19)8-11-23(21)33-24(32)20-10-9-17(27)13-22(20)28/h1-14H,(H2,30,31,34)/b29-14-. The molecular formula is C25H16Cl3N3O2S. The maximum atomic E-state index is 12.8. The summed E-state index contributed by atoms with van der Waals surface area (Å²) < 4.78 is 5.68. The maximum Gasteiger partial charge on any atom is 0.345 e. The second-order valence-electron chi connectivity index (χ2n) is 7.05. The molecule has 9 heteroatoms. The second kappa shape index (κ2) is 10.8. The van der Waals surface area contributed by atoms with Gasteiger partial charge in [-0.05, 0) is 65.5 Å². The highest BCUT2D eigenvalue weighted by atomic mass is 35.5. The molecule has 170 valence electrons. The number of benzene rings is 4. The number of hydrazone groups is 1. The summed E-state index contributed by atoms with van der Waals surface area (Å²) in [6.07, 6.45) is 1.54. The van der Waals surface area contributed by atoms with E-state index in [-0.39, 0.29) is 15.7 Å². The zero-order valence-electron chi connectivity index (χ0n) is 17.4. The molecule has 0 saturated carbocycles. The van der Waals surface area contributed by atoms with Crippen molar-refractivity contribution in [3.8, 4) is 5.75 Å². The summed E-state index contributed by atoms with van der Waals surface area (Å²) in [6, 6.07) is 22.9. The zero-order valence-corrected chi connectivity index (χ0v) is 20.5. The Balaban J connectivity index is 1.58. The molecule has 2 N–H and O–H groups in total. The van der Waals surface area contributed by atoms with Crippen LogP contribution in [0, 0.1) is 0 Å². The molecule has 0 unspecified atom stereocenters. The molecule has 0 bridgehead atoms. The summed E-state index contributed by atoms with van der Waals surface area (Å²) in [5.74, 6) is -0.299. The number of ether oxygens (including phenoxy) is 1. The number of nitrogens with zero attached hydrogens (tertiary/aromatic N) is 1. The van der Waals surface area contributed by atoms with Crippen LogP contribution in [0.5, 0.6) is 5.75 Å². The Labute approximate surface area is 216 Å². The molecule has 0 heterocycles. The van der Waals surface area contributed by atoms with Gasteiger partial charge in [-0.15, -0.1) is 0 Å². The highest BCUT2D eigenvalue weighted by Gasteiger charge is 2.16. The van der Waals surface area contributed by atoms with Crippen LogP contribution < -0.4 is 15.5 Å². The van der Waals surface area contributed by atoms with Gasteiger partial charge in [0, 0.05) is 21.3 Å². The molecule has 4 aromatic carbocycles. The van der Waals surface area contributed by atoms with Crippen LogP contribution in [0.4, 0.5) is 5.69 Å². The van der Waals surface area contributed by atoms with E-state index in [0.29, 0.717) is 21.4 Å². The lowest BCUT2D eigenvalue weighted by molar-refractivity contribution is 0.0735. The monoisotopic (exact) mass is 527 g/mol. The summed E-state index contributed by atoms with van der Waals surface area (Å²) in [4.78, 5) is 12.8. The van der Waals surface area contributed by atoms with Crippen molar-refractivity contribution < 1.29 is 9.53 Å². The first-order valence-corrected chi connectivity index (χ1v) is 11.5. The Morgan fingerprint density at radius 3 is 2.50 bits per heavy atom. The Hall–Kier alpha value is -3.16. The van der Waals surface area contributed by atoms with Gasteiger partial charge in [0.25, 0.3) is 0 Å². The van der Waals surface area contributed by atoms with Gasteiger partial charge in [-0.2, -0.15) is 5.10 Å². The van der Waals surface area contributed by atoms with Crippen LogP contribution in [-0.4, -0.2) is 17.3 Å². The molecule has 34 heavy (non-hydrogen) atoms. The van der Waals surface area contributed by atoms with Gasteiger partial charge < -0.3 is 10.1 Å². The van der Waals surface area contributed by atoms with E-state index in [9.17, 15) is 4.79 Å². The molecule has 4 rings (SSSR count). The number of thiocarbonyl (C=S) groups is 1. The zero-order chi connectivity index (χ0) is 24.1. The quantitative estimate of drug-likeness (QED) is 0.0933. The van der Waals surface area contributed by atoms with E-state index < -0.39 is 5.97 Å². The lowest BCUT2D eigenvalue weighted by Gasteiger charge is -2.12. The van der Waals surface area contributed by atoms with Crippen LogP contribution in [0.3, 0.4) is 0 Å². The van der Waals surface area contributed by atoms with Crippen molar-refractivity contribution in [3.63, 3.8) is 0 Å². The largest absolute Gasteiger partial charge is 0.422 e. The van der Waals surface area contributed by atoms with Gasteiger partial charge in [0.2, 0.25) is 0 Å². The topological polar surface area (TPSA) is 62.7 Å². The van der Waals surface area contributed by atoms with Gasteiger partial charge in [0.15, 0.2) is 5.11 Å². The lowest BCUT2D eigenvalue weighted by Crippen LogP contribution is -2.23. The number of anilines is 1. The number of rotatable bonds is 5. The van der Waals surface area contributed by atoms with Gasteiger partial charge in [0.05, 0.1) is 16.8 Å². The summed E-state index contributed by atoms with van der Waals surface area (Å²) in [5.41, 5.74) is 4.28. The highest BCUT2D eigenvalue weighted by molar-refractivity contribution is 7.80. The summed E-state index contributed by atoms with van der Waals surface area (Å²) in [7, 11) is 0. The minimum absolute atomic E-state index is 0.201. The van der Waals surface area contributed by atoms with E-state index >= 15 is 0 Å². The first-order chi connectivity index (χ1) is 16.4. The molecule has 0 aliphatic rings. The first kappa shape index (κ1) is 24.0. The number of esters is 1. The van der Waals surface area contributed by atoms with Crippen LogP contribution in [0.1, 0.15) is 15.9 Å². The van der Waals surface area contributed by atoms with E-state index in [4.69, 9.17) is 51.8 Å². The van der Waals surface area contributed by atoms with Crippen LogP contribution >= 0.6 is 47.0 Å². The fourth-order valence-electron chi connectivity index (χ4n) is 3.19. The summed E-state index contributed by atoms with van der Waals surface area (Å²) >= 11 is 23.4. The van der Waals surface area contributed by atoms with Gasteiger partial charge >= 0.3 is 5.97 Å². The van der Waals surface area contributed by atoms with Crippen molar-refractivity contribution in [2.75, 3.05) is 5.32 Å². The van der Waals surface area contributed by atoms with Crippen LogP contribution in [0.15, 0.2) is 84.0 Å². The van der Waals surface area contributed by atoms with Crippen LogP contribution in [-0.2, 0) is 0 Å². The Bertz CT molecular complexity index is 1430. The second-order valence-corrected chi connectivity index (χ2v) is 8.73. The number of carbonyl (C=O) groups excluding carboxylic acids is 1. The minimum atomic E-state index is -0.613. The van der Waals surface area contributed by atoms with Crippen molar-refractivity contribution in [2.45, 2.75) is 0 Å². The van der Waals surface area contributed by atoms with E-state index in [1.54, 1.807) is 36.5 Å². The third-order valence-corrected chi connectivity index (χ3v) is 5.70. The average molecular weight is 529 g/mol. The lowest BCUT2D eigenvalue weighted by atomic mass is 10.0. The van der Waals surface area contributed by atoms with Crippen molar-refractivity contribution in [1.82, 2.24) is 5.43 Å². The Morgan fingerprint density at radius 1 is 0.912 bits per heavy atom. The van der Waals surface area contributed by atoms with E-state index in [1.807, 2.05) is 36.4 Å². The highest BCUT2D eigenvalue weighted by Crippen LogP contribution is 2.29. The maximum absolute atomic E-state index is 12.8. The van der Waals surface area contributed by atoms with Crippen molar-refractivity contribution in [2.24, 2.45) is 5.10 Å². The smallest absolute Gasteiger partial charge is 0.345 e. The molecule has 5 nitrogen and oxygen atoms in total. The van der Waals surface area contributed by atoms with Gasteiger partial charge in [0.1, 0.15) is 5.75 Å². The normalized spacial score (nSPS) is 10.9. The molecule has 0 aliphatic carbocycles. The fraction of sp³-hybridized carbons (Fsp3) is 0. The summed E-state index contributed by atoms with van der Waals surface area (Å²) in [6.45, 7) is 0. The Kier molecular flexibility index (Phi) is 7.65. The molecule has 0 aliphatic heterocycles. The predicted octanol–water partition coefficient (Wildman–Crippen LogP) is 7.34. The molecule has 0 radical (unpaired) electrons. The first-order valence-electron chi connectivity index (χ1n) is 9.95. The van der Waals surface area contributed by atoms with E-state index in [0.717, 1.165) is 16.5 Å². The Morgan fingerprint density at radius 2 is 1.71 bits per heavy atom. The number of fused-ring (bicyclic) bond motifs is 1. The third kappa shape index (κ3) is 5.85. The number of carbonyl (C=O) groups is 1. The van der Waals surface area contributed by atoms with Gasteiger partial charge in [-0.3, -0.25) is 5.43 Å². The van der Waals surface area contributed by atoms with E-state index in [1.165, 1.54) is 12.1 Å². The molecule has 0 saturated heterocycles. The SMILES string of the molecule is O=C(Oc1ccc2ccccc2c1/C=N\NC(=S)Nc1cccc(Cl)c1)c1ccc(Cl)cc1Cl. The van der Waals surface area contributed by atoms with E-state index in [2.05, 4.69) is 15.8 Å². The van der Waals surface area contributed by atoms with Gasteiger partial charge in [-0.1, -0.05) is 71.2 Å². The van der Waals surface area contributed by atoms with Gasteiger partial charge in [-0.25, -0.2) is 4.79 Å². The molecule has 4 aromatic rings. The molecule has 0 atom stereocenters. The molecule has 0 spiro atoms. The van der Waals surface area contributed by atoms with Crippen LogP contribution in [0.2, 0.25) is 15.1 Å². The number of hydrogen-bond donors (Lipinski definition) is 2. The fourth-order valence-corrected chi connectivity index (χ4v) is 4.03. The number of hydrogen-bond acceptors (Lipinski definition) is 4. The number of nitrogens with one attached hydrogen (secondary N) is 2. The predicted molar refractivity (Wildman–Crippen MR) is 144 cm³/mol.